The standard InChI is InChI=1S/C10H9ClF2O2/c1-6-2-3-7(4-8(6)11)10(12,13)5-9(14)15/h2-4H,5H2,1H3,(H,14,15). The van der Waals surface area contributed by atoms with Gasteiger partial charge in [0.2, 0.25) is 0 Å². The van der Waals surface area contributed by atoms with Gasteiger partial charge in [0.15, 0.2) is 0 Å². The largest absolute Gasteiger partial charge is 0.481 e. The van der Waals surface area contributed by atoms with Crippen molar-refractivity contribution < 1.29 is 18.7 Å². The van der Waals surface area contributed by atoms with Gasteiger partial charge in [-0.3, -0.25) is 4.79 Å². The molecule has 1 rings (SSSR count). The second-order valence-corrected chi connectivity index (χ2v) is 3.65. The molecule has 0 saturated carbocycles. The van der Waals surface area contributed by atoms with Crippen molar-refractivity contribution in [1.82, 2.24) is 0 Å². The summed E-state index contributed by atoms with van der Waals surface area (Å²) in [7, 11) is 0. The van der Waals surface area contributed by atoms with Crippen molar-refractivity contribution in [2.75, 3.05) is 0 Å². The van der Waals surface area contributed by atoms with Crippen molar-refractivity contribution >= 4 is 17.6 Å². The van der Waals surface area contributed by atoms with E-state index in [0.29, 0.717) is 5.56 Å². The lowest BCUT2D eigenvalue weighted by Gasteiger charge is -2.15. The van der Waals surface area contributed by atoms with Gasteiger partial charge in [0.1, 0.15) is 6.42 Å². The van der Waals surface area contributed by atoms with Gasteiger partial charge in [0, 0.05) is 10.6 Å². The fraction of sp³-hybridized carbons (Fsp3) is 0.300. The Bertz CT molecular complexity index is 391. The quantitative estimate of drug-likeness (QED) is 0.872. The first-order chi connectivity index (χ1) is 6.83. The van der Waals surface area contributed by atoms with Crippen LogP contribution in [0, 0.1) is 6.92 Å². The van der Waals surface area contributed by atoms with Crippen molar-refractivity contribution in [2.45, 2.75) is 19.3 Å². The van der Waals surface area contributed by atoms with Crippen LogP contribution < -0.4 is 0 Å². The molecule has 82 valence electrons. The van der Waals surface area contributed by atoms with Crippen molar-refractivity contribution in [1.29, 1.82) is 0 Å². The summed E-state index contributed by atoms with van der Waals surface area (Å²) in [5.41, 5.74) is 0.298. The van der Waals surface area contributed by atoms with Crippen LogP contribution in [0.5, 0.6) is 0 Å². The Kier molecular flexibility index (Phi) is 3.29. The summed E-state index contributed by atoms with van der Waals surface area (Å²) in [6, 6.07) is 3.72. The Balaban J connectivity index is 3.04. The predicted molar refractivity (Wildman–Crippen MR) is 52.3 cm³/mol. The fourth-order valence-electron chi connectivity index (χ4n) is 1.11. The molecule has 1 N–H and O–H groups in total. The van der Waals surface area contributed by atoms with E-state index in [2.05, 4.69) is 0 Å². The summed E-state index contributed by atoms with van der Waals surface area (Å²) in [5, 5.41) is 8.53. The van der Waals surface area contributed by atoms with Gasteiger partial charge >= 0.3 is 5.97 Å². The number of alkyl halides is 2. The van der Waals surface area contributed by atoms with E-state index in [1.807, 2.05) is 0 Å². The molecule has 0 atom stereocenters. The van der Waals surface area contributed by atoms with Crippen LogP contribution in [0.1, 0.15) is 17.5 Å². The Labute approximate surface area is 90.5 Å². The molecule has 0 aromatic heterocycles. The number of aliphatic carboxylic acids is 1. The summed E-state index contributed by atoms with van der Waals surface area (Å²) in [6.07, 6.45) is -1.23. The number of rotatable bonds is 3. The third-order valence-corrected chi connectivity index (χ3v) is 2.37. The van der Waals surface area contributed by atoms with Crippen molar-refractivity contribution in [2.24, 2.45) is 0 Å². The Morgan fingerprint density at radius 2 is 2.13 bits per heavy atom. The molecule has 0 spiro atoms. The lowest BCUT2D eigenvalue weighted by atomic mass is 10.0. The minimum absolute atomic E-state index is 0.206. The third kappa shape index (κ3) is 2.89. The summed E-state index contributed by atoms with van der Waals surface area (Å²) in [5.74, 6) is -4.93. The number of hydrogen-bond acceptors (Lipinski definition) is 1. The van der Waals surface area contributed by atoms with Gasteiger partial charge in [-0.1, -0.05) is 23.7 Å². The monoisotopic (exact) mass is 234 g/mol. The van der Waals surface area contributed by atoms with E-state index in [-0.39, 0.29) is 10.6 Å². The zero-order valence-electron chi connectivity index (χ0n) is 7.93. The second-order valence-electron chi connectivity index (χ2n) is 3.24. The molecule has 5 heteroatoms. The Hall–Kier alpha value is -1.16. The van der Waals surface area contributed by atoms with Crippen LogP contribution in [0.2, 0.25) is 5.02 Å². The highest BCUT2D eigenvalue weighted by atomic mass is 35.5. The average Bonchev–Trinajstić information content (AvgIpc) is 2.07. The van der Waals surface area contributed by atoms with Crippen LogP contribution in [0.15, 0.2) is 18.2 Å². The zero-order chi connectivity index (χ0) is 11.6. The Morgan fingerprint density at radius 1 is 1.53 bits per heavy atom. The summed E-state index contributed by atoms with van der Waals surface area (Å²) in [6.45, 7) is 1.68. The van der Waals surface area contributed by atoms with Gasteiger partial charge in [-0.25, -0.2) is 8.78 Å². The molecule has 0 radical (unpaired) electrons. The molecule has 0 aliphatic carbocycles. The molecular formula is C10H9ClF2O2. The number of aryl methyl sites for hydroxylation is 1. The number of benzene rings is 1. The van der Waals surface area contributed by atoms with Crippen LogP contribution in [0.4, 0.5) is 8.78 Å². The maximum absolute atomic E-state index is 13.3. The summed E-state index contributed by atoms with van der Waals surface area (Å²) in [4.78, 5) is 10.2. The number of carboxylic acids is 1. The molecule has 0 heterocycles. The van der Waals surface area contributed by atoms with E-state index in [0.717, 1.165) is 6.07 Å². The molecule has 1 aromatic carbocycles. The highest BCUT2D eigenvalue weighted by Crippen LogP contribution is 2.33. The van der Waals surface area contributed by atoms with Crippen LogP contribution in [-0.2, 0) is 10.7 Å². The molecule has 0 unspecified atom stereocenters. The molecule has 0 saturated heterocycles. The SMILES string of the molecule is Cc1ccc(C(F)(F)CC(=O)O)cc1Cl. The molecular weight excluding hydrogens is 226 g/mol. The molecule has 0 aliphatic heterocycles. The fourth-order valence-corrected chi connectivity index (χ4v) is 1.29. The first-order valence-corrected chi connectivity index (χ1v) is 4.57. The van der Waals surface area contributed by atoms with Gasteiger partial charge in [-0.15, -0.1) is 0 Å². The van der Waals surface area contributed by atoms with Crippen molar-refractivity contribution in [3.05, 3.63) is 34.3 Å². The molecule has 0 fully saturated rings. The molecule has 0 bridgehead atoms. The lowest BCUT2D eigenvalue weighted by molar-refractivity contribution is -0.145. The smallest absolute Gasteiger partial charge is 0.309 e. The van der Waals surface area contributed by atoms with E-state index in [4.69, 9.17) is 16.7 Å². The third-order valence-electron chi connectivity index (χ3n) is 1.97. The van der Waals surface area contributed by atoms with E-state index < -0.39 is 18.3 Å². The first kappa shape index (κ1) is 11.9. The first-order valence-electron chi connectivity index (χ1n) is 4.19. The molecule has 15 heavy (non-hydrogen) atoms. The van der Waals surface area contributed by atoms with Crippen LogP contribution in [0.25, 0.3) is 0 Å². The van der Waals surface area contributed by atoms with Crippen LogP contribution in [0.3, 0.4) is 0 Å². The number of carbonyl (C=O) groups is 1. The summed E-state index contributed by atoms with van der Waals surface area (Å²) >= 11 is 5.68. The van der Waals surface area contributed by atoms with E-state index in [1.165, 1.54) is 12.1 Å². The molecule has 0 amide bonds. The van der Waals surface area contributed by atoms with Gasteiger partial charge in [0.05, 0.1) is 0 Å². The molecule has 0 aliphatic rings. The van der Waals surface area contributed by atoms with Gasteiger partial charge in [-0.2, -0.15) is 0 Å². The maximum Gasteiger partial charge on any atom is 0.309 e. The topological polar surface area (TPSA) is 37.3 Å². The van der Waals surface area contributed by atoms with Crippen molar-refractivity contribution in [3.63, 3.8) is 0 Å². The van der Waals surface area contributed by atoms with Gasteiger partial charge in [-0.05, 0) is 18.6 Å². The lowest BCUT2D eigenvalue weighted by Crippen LogP contribution is -2.18. The van der Waals surface area contributed by atoms with Crippen LogP contribution >= 0.6 is 11.6 Å². The maximum atomic E-state index is 13.3. The normalized spacial score (nSPS) is 11.5. The number of carboxylic acid groups (broad SMARTS) is 1. The minimum atomic E-state index is -3.39. The average molecular weight is 235 g/mol. The second kappa shape index (κ2) is 4.14. The highest BCUT2D eigenvalue weighted by Gasteiger charge is 2.34. The predicted octanol–water partition coefficient (Wildman–Crippen LogP) is 3.21. The summed E-state index contributed by atoms with van der Waals surface area (Å²) < 4.78 is 26.6. The van der Waals surface area contributed by atoms with E-state index in [9.17, 15) is 13.6 Å². The van der Waals surface area contributed by atoms with Crippen molar-refractivity contribution in [3.8, 4) is 0 Å². The van der Waals surface area contributed by atoms with Gasteiger partial charge < -0.3 is 5.11 Å². The number of halogens is 3. The highest BCUT2D eigenvalue weighted by molar-refractivity contribution is 6.31. The van der Waals surface area contributed by atoms with Crippen LogP contribution in [-0.4, -0.2) is 11.1 Å². The molecule has 2 nitrogen and oxygen atoms in total. The minimum Gasteiger partial charge on any atom is -0.481 e. The zero-order valence-corrected chi connectivity index (χ0v) is 8.68. The van der Waals surface area contributed by atoms with E-state index >= 15 is 0 Å². The van der Waals surface area contributed by atoms with E-state index in [1.54, 1.807) is 6.92 Å². The van der Waals surface area contributed by atoms with Gasteiger partial charge in [0.25, 0.3) is 5.92 Å². The Morgan fingerprint density at radius 3 is 2.60 bits per heavy atom. The molecule has 1 aromatic rings. The number of hydrogen-bond donors (Lipinski definition) is 1.